The summed E-state index contributed by atoms with van der Waals surface area (Å²) in [6, 6.07) is 3.31. The first-order valence-corrected chi connectivity index (χ1v) is 5.92. The molecule has 1 rings (SSSR count). The van der Waals surface area contributed by atoms with Crippen molar-refractivity contribution in [3.05, 3.63) is 28.5 Å². The van der Waals surface area contributed by atoms with Gasteiger partial charge in [-0.15, -0.1) is 0 Å². The summed E-state index contributed by atoms with van der Waals surface area (Å²) in [5.74, 6) is -0.159. The Labute approximate surface area is 106 Å². The number of rotatable bonds is 5. The van der Waals surface area contributed by atoms with Crippen LogP contribution in [0.25, 0.3) is 0 Å². The maximum absolute atomic E-state index is 11.8. The van der Waals surface area contributed by atoms with E-state index in [1.807, 2.05) is 13.8 Å². The van der Waals surface area contributed by atoms with E-state index < -0.39 is 0 Å². The molecule has 0 aliphatic carbocycles. The molecule has 1 N–H and O–H groups in total. The maximum Gasteiger partial charge on any atom is 0.251 e. The quantitative estimate of drug-likeness (QED) is 0.821. The molecule has 0 bridgehead atoms. The Morgan fingerprint density at radius 3 is 2.88 bits per heavy atom. The lowest BCUT2D eigenvalue weighted by Gasteiger charge is -2.11. The molecule has 0 aromatic carbocycles. The number of nitrogens with one attached hydrogen (secondary N) is 1. The summed E-state index contributed by atoms with van der Waals surface area (Å²) in [7, 11) is 1.61. The Morgan fingerprint density at radius 2 is 2.29 bits per heavy atom. The first-order chi connectivity index (χ1) is 8.06. The van der Waals surface area contributed by atoms with Gasteiger partial charge < -0.3 is 10.1 Å². The molecule has 94 valence electrons. The third-order valence-electron chi connectivity index (χ3n) is 2.42. The average molecular weight is 257 g/mol. The van der Waals surface area contributed by atoms with E-state index in [0.717, 1.165) is 12.1 Å². The smallest absolute Gasteiger partial charge is 0.251 e. The number of ether oxygens (including phenoxy) is 1. The molecule has 1 amide bonds. The molecule has 1 atom stereocenters. The van der Waals surface area contributed by atoms with Gasteiger partial charge in [0, 0.05) is 24.9 Å². The topological polar surface area (TPSA) is 51.2 Å². The standard InChI is InChI=1S/C12H17ClN2O2/c1-4-10-5-9(6-11(13)15-10)12(16)14-7-8(2)17-3/h5-6,8H,4,7H2,1-3H3,(H,14,16). The summed E-state index contributed by atoms with van der Waals surface area (Å²) < 4.78 is 5.05. The van der Waals surface area contributed by atoms with Crippen molar-refractivity contribution in [2.45, 2.75) is 26.4 Å². The minimum atomic E-state index is -0.159. The molecule has 1 aromatic rings. The van der Waals surface area contributed by atoms with Crippen LogP contribution < -0.4 is 5.32 Å². The van der Waals surface area contributed by atoms with E-state index in [1.54, 1.807) is 19.2 Å². The molecule has 1 aromatic heterocycles. The van der Waals surface area contributed by atoms with E-state index in [1.165, 1.54) is 0 Å². The van der Waals surface area contributed by atoms with Gasteiger partial charge in [-0.3, -0.25) is 4.79 Å². The first-order valence-electron chi connectivity index (χ1n) is 5.54. The molecule has 4 nitrogen and oxygen atoms in total. The van der Waals surface area contributed by atoms with Crippen molar-refractivity contribution in [2.75, 3.05) is 13.7 Å². The lowest BCUT2D eigenvalue weighted by molar-refractivity contribution is 0.0870. The number of pyridine rings is 1. The normalized spacial score (nSPS) is 12.2. The predicted octanol–water partition coefficient (Wildman–Crippen LogP) is 2.06. The Balaban J connectivity index is 2.71. The minimum absolute atomic E-state index is 0.0121. The number of carbonyl (C=O) groups is 1. The number of carbonyl (C=O) groups excluding carboxylic acids is 1. The van der Waals surface area contributed by atoms with Gasteiger partial charge in [-0.1, -0.05) is 18.5 Å². The van der Waals surface area contributed by atoms with Crippen LogP contribution in [0.2, 0.25) is 5.15 Å². The van der Waals surface area contributed by atoms with Crippen molar-refractivity contribution in [2.24, 2.45) is 0 Å². The van der Waals surface area contributed by atoms with Crippen LogP contribution in [-0.4, -0.2) is 30.6 Å². The molecule has 1 heterocycles. The number of aromatic nitrogens is 1. The number of nitrogens with zero attached hydrogens (tertiary/aromatic N) is 1. The zero-order chi connectivity index (χ0) is 12.8. The van der Waals surface area contributed by atoms with E-state index >= 15 is 0 Å². The van der Waals surface area contributed by atoms with Gasteiger partial charge >= 0.3 is 0 Å². The van der Waals surface area contributed by atoms with Crippen molar-refractivity contribution >= 4 is 17.5 Å². The summed E-state index contributed by atoms with van der Waals surface area (Å²) in [5.41, 5.74) is 1.34. The summed E-state index contributed by atoms with van der Waals surface area (Å²) in [4.78, 5) is 15.9. The van der Waals surface area contributed by atoms with Crippen LogP contribution in [0.5, 0.6) is 0 Å². The van der Waals surface area contributed by atoms with Gasteiger partial charge in [0.15, 0.2) is 0 Å². The van der Waals surface area contributed by atoms with Gasteiger partial charge in [-0.2, -0.15) is 0 Å². The van der Waals surface area contributed by atoms with Crippen LogP contribution in [0.3, 0.4) is 0 Å². The van der Waals surface area contributed by atoms with Gasteiger partial charge in [0.25, 0.3) is 5.91 Å². The maximum atomic E-state index is 11.8. The van der Waals surface area contributed by atoms with Crippen molar-refractivity contribution in [1.29, 1.82) is 0 Å². The summed E-state index contributed by atoms with van der Waals surface area (Å²) in [6.07, 6.45) is 0.733. The number of amides is 1. The SMILES string of the molecule is CCc1cc(C(=O)NCC(C)OC)cc(Cl)n1. The molecule has 0 spiro atoms. The van der Waals surface area contributed by atoms with Gasteiger partial charge in [0.05, 0.1) is 6.10 Å². The molecular weight excluding hydrogens is 240 g/mol. The van der Waals surface area contributed by atoms with Crippen molar-refractivity contribution in [1.82, 2.24) is 10.3 Å². The molecule has 1 unspecified atom stereocenters. The van der Waals surface area contributed by atoms with Crippen molar-refractivity contribution < 1.29 is 9.53 Å². The van der Waals surface area contributed by atoms with Crippen LogP contribution in [0, 0.1) is 0 Å². The molecule has 0 aliphatic rings. The minimum Gasteiger partial charge on any atom is -0.380 e. The van der Waals surface area contributed by atoms with E-state index in [4.69, 9.17) is 16.3 Å². The number of halogens is 1. The molecule has 5 heteroatoms. The third-order valence-corrected chi connectivity index (χ3v) is 2.62. The number of hydrogen-bond acceptors (Lipinski definition) is 3. The highest BCUT2D eigenvalue weighted by molar-refractivity contribution is 6.29. The van der Waals surface area contributed by atoms with E-state index in [-0.39, 0.29) is 12.0 Å². The monoisotopic (exact) mass is 256 g/mol. The molecule has 0 aliphatic heterocycles. The summed E-state index contributed by atoms with van der Waals surface area (Å²) in [6.45, 7) is 4.32. The fourth-order valence-corrected chi connectivity index (χ4v) is 1.51. The molecule has 0 fully saturated rings. The molecule has 0 radical (unpaired) electrons. The number of aryl methyl sites for hydroxylation is 1. The summed E-state index contributed by atoms with van der Waals surface area (Å²) in [5, 5.41) is 3.12. The van der Waals surface area contributed by atoms with Crippen LogP contribution in [-0.2, 0) is 11.2 Å². The third kappa shape index (κ3) is 4.32. The lowest BCUT2D eigenvalue weighted by Crippen LogP contribution is -2.31. The second kappa shape index (κ2) is 6.57. The van der Waals surface area contributed by atoms with Crippen molar-refractivity contribution in [3.8, 4) is 0 Å². The highest BCUT2D eigenvalue weighted by Crippen LogP contribution is 2.11. The van der Waals surface area contributed by atoms with Gasteiger partial charge in [0.2, 0.25) is 0 Å². The van der Waals surface area contributed by atoms with Gasteiger partial charge in [-0.25, -0.2) is 4.98 Å². The fraction of sp³-hybridized carbons (Fsp3) is 0.500. The predicted molar refractivity (Wildman–Crippen MR) is 67.4 cm³/mol. The molecule has 17 heavy (non-hydrogen) atoms. The largest absolute Gasteiger partial charge is 0.380 e. The Hall–Kier alpha value is -1.13. The second-order valence-electron chi connectivity index (χ2n) is 3.78. The number of hydrogen-bond donors (Lipinski definition) is 1. The highest BCUT2D eigenvalue weighted by atomic mass is 35.5. The molecule has 0 saturated heterocycles. The summed E-state index contributed by atoms with van der Waals surface area (Å²) >= 11 is 5.85. The Kier molecular flexibility index (Phi) is 5.38. The highest BCUT2D eigenvalue weighted by Gasteiger charge is 2.09. The van der Waals surface area contributed by atoms with Crippen LogP contribution in [0.4, 0.5) is 0 Å². The number of methoxy groups -OCH3 is 1. The Morgan fingerprint density at radius 1 is 1.59 bits per heavy atom. The zero-order valence-electron chi connectivity index (χ0n) is 10.3. The lowest BCUT2D eigenvalue weighted by atomic mass is 10.2. The second-order valence-corrected chi connectivity index (χ2v) is 4.17. The molecular formula is C12H17ClN2O2. The van der Waals surface area contributed by atoms with Crippen LogP contribution in [0.1, 0.15) is 29.9 Å². The fourth-order valence-electron chi connectivity index (χ4n) is 1.29. The molecule has 0 saturated carbocycles. The first kappa shape index (κ1) is 13.9. The van der Waals surface area contributed by atoms with Gasteiger partial charge in [0.1, 0.15) is 5.15 Å². The van der Waals surface area contributed by atoms with E-state index in [9.17, 15) is 4.79 Å². The van der Waals surface area contributed by atoms with Crippen LogP contribution in [0.15, 0.2) is 12.1 Å². The van der Waals surface area contributed by atoms with E-state index in [2.05, 4.69) is 10.3 Å². The average Bonchev–Trinajstić information content (AvgIpc) is 2.34. The van der Waals surface area contributed by atoms with Gasteiger partial charge in [-0.05, 0) is 25.5 Å². The Bertz CT molecular complexity index is 396. The van der Waals surface area contributed by atoms with E-state index in [0.29, 0.717) is 17.3 Å². The van der Waals surface area contributed by atoms with Crippen molar-refractivity contribution in [3.63, 3.8) is 0 Å². The zero-order valence-corrected chi connectivity index (χ0v) is 11.0. The van der Waals surface area contributed by atoms with Crippen LogP contribution >= 0.6 is 11.6 Å².